The number of carbonyl (C=O) groups is 2. The molecular formula is C19H13N3O4. The monoisotopic (exact) mass is 347 g/mol. The van der Waals surface area contributed by atoms with Crippen molar-refractivity contribution in [3.8, 4) is 11.5 Å². The van der Waals surface area contributed by atoms with E-state index in [1.165, 1.54) is 12.3 Å². The number of hydrogen-bond acceptors (Lipinski definition) is 5. The number of benzene rings is 2. The lowest BCUT2D eigenvalue weighted by atomic mass is 10.1. The van der Waals surface area contributed by atoms with Gasteiger partial charge in [0.1, 0.15) is 11.2 Å². The zero-order valence-electron chi connectivity index (χ0n) is 13.5. The molecule has 2 heterocycles. The van der Waals surface area contributed by atoms with E-state index in [1.807, 2.05) is 12.1 Å². The second-order valence-corrected chi connectivity index (χ2v) is 5.74. The maximum atomic E-state index is 11.4. The van der Waals surface area contributed by atoms with E-state index in [-0.39, 0.29) is 11.5 Å². The molecule has 0 radical (unpaired) electrons. The molecule has 0 saturated heterocycles. The van der Waals surface area contributed by atoms with Gasteiger partial charge in [0, 0.05) is 6.54 Å². The molecule has 7 heteroatoms. The Hall–Kier alpha value is -3.74. The van der Waals surface area contributed by atoms with Crippen molar-refractivity contribution in [1.82, 2.24) is 14.5 Å². The van der Waals surface area contributed by atoms with Gasteiger partial charge in [-0.25, -0.2) is 14.8 Å². The molecule has 0 aliphatic heterocycles. The summed E-state index contributed by atoms with van der Waals surface area (Å²) in [5.74, 6) is -0.781. The van der Waals surface area contributed by atoms with Gasteiger partial charge in [-0.3, -0.25) is 4.79 Å². The summed E-state index contributed by atoms with van der Waals surface area (Å²) in [6, 6.07) is 12.1. The highest BCUT2D eigenvalue weighted by atomic mass is 16.4. The number of carboxylic acid groups (broad SMARTS) is 1. The third-order valence-corrected chi connectivity index (χ3v) is 4.06. The van der Waals surface area contributed by atoms with Crippen molar-refractivity contribution in [3.63, 3.8) is 0 Å². The number of imidazole rings is 1. The number of aldehydes is 1. The van der Waals surface area contributed by atoms with E-state index in [4.69, 9.17) is 4.42 Å². The lowest BCUT2D eigenvalue weighted by molar-refractivity contribution is 0.0697. The first kappa shape index (κ1) is 15.8. The van der Waals surface area contributed by atoms with E-state index in [0.717, 1.165) is 11.8 Å². The molecule has 2 aromatic heterocycles. The van der Waals surface area contributed by atoms with Gasteiger partial charge in [0.15, 0.2) is 11.9 Å². The number of oxazole rings is 1. The van der Waals surface area contributed by atoms with Crippen LogP contribution in [-0.2, 0) is 6.54 Å². The summed E-state index contributed by atoms with van der Waals surface area (Å²) in [6.45, 7) is 0.464. The smallest absolute Gasteiger partial charge is 0.336 e. The van der Waals surface area contributed by atoms with E-state index in [2.05, 4.69) is 9.97 Å². The van der Waals surface area contributed by atoms with E-state index in [1.54, 1.807) is 35.2 Å². The second kappa shape index (κ2) is 6.29. The van der Waals surface area contributed by atoms with Crippen LogP contribution in [-0.4, -0.2) is 31.9 Å². The van der Waals surface area contributed by atoms with Crippen LogP contribution in [0.1, 0.15) is 26.4 Å². The van der Waals surface area contributed by atoms with Crippen LogP contribution < -0.4 is 0 Å². The van der Waals surface area contributed by atoms with Crippen molar-refractivity contribution in [3.05, 3.63) is 71.8 Å². The Morgan fingerprint density at radius 3 is 2.88 bits per heavy atom. The zero-order chi connectivity index (χ0) is 18.1. The highest BCUT2D eigenvalue weighted by Crippen LogP contribution is 2.27. The molecule has 7 nitrogen and oxygen atoms in total. The summed E-state index contributed by atoms with van der Waals surface area (Å²) in [6.07, 6.45) is 3.84. The Kier molecular flexibility index (Phi) is 3.81. The first-order chi connectivity index (χ1) is 12.7. The van der Waals surface area contributed by atoms with Crippen LogP contribution in [0, 0.1) is 0 Å². The van der Waals surface area contributed by atoms with E-state index in [9.17, 15) is 14.7 Å². The van der Waals surface area contributed by atoms with Gasteiger partial charge in [-0.1, -0.05) is 18.2 Å². The molecule has 4 aromatic rings. The van der Waals surface area contributed by atoms with Crippen molar-refractivity contribution in [2.45, 2.75) is 6.54 Å². The topological polar surface area (TPSA) is 98.2 Å². The maximum absolute atomic E-state index is 11.4. The fourth-order valence-electron chi connectivity index (χ4n) is 2.80. The van der Waals surface area contributed by atoms with Gasteiger partial charge < -0.3 is 14.1 Å². The van der Waals surface area contributed by atoms with Gasteiger partial charge in [-0.05, 0) is 29.8 Å². The number of hydrogen-bond donors (Lipinski definition) is 1. The average Bonchev–Trinajstić information content (AvgIpc) is 3.27. The molecular weight excluding hydrogens is 334 g/mol. The van der Waals surface area contributed by atoms with Crippen LogP contribution in [0.3, 0.4) is 0 Å². The molecule has 0 atom stereocenters. The maximum Gasteiger partial charge on any atom is 0.336 e. The molecule has 0 spiro atoms. The van der Waals surface area contributed by atoms with Crippen LogP contribution in [0.25, 0.3) is 22.6 Å². The number of aromatic carboxylic acids is 1. The van der Waals surface area contributed by atoms with Gasteiger partial charge in [0.05, 0.1) is 23.7 Å². The fraction of sp³-hybridized carbons (Fsp3) is 0.0526. The van der Waals surface area contributed by atoms with Crippen LogP contribution in [0.4, 0.5) is 0 Å². The first-order valence-electron chi connectivity index (χ1n) is 7.83. The Labute approximate surface area is 147 Å². The number of aromatic nitrogens is 3. The van der Waals surface area contributed by atoms with Crippen LogP contribution >= 0.6 is 0 Å². The Balaban J connectivity index is 1.73. The highest BCUT2D eigenvalue weighted by molar-refractivity contribution is 5.95. The van der Waals surface area contributed by atoms with Gasteiger partial charge in [0.25, 0.3) is 0 Å². The van der Waals surface area contributed by atoms with Crippen molar-refractivity contribution >= 4 is 23.4 Å². The fourth-order valence-corrected chi connectivity index (χ4v) is 2.80. The van der Waals surface area contributed by atoms with E-state index in [0.29, 0.717) is 28.9 Å². The van der Waals surface area contributed by atoms with Crippen molar-refractivity contribution in [2.24, 2.45) is 0 Å². The molecule has 26 heavy (non-hydrogen) atoms. The predicted molar refractivity (Wildman–Crippen MR) is 93.1 cm³/mol. The molecule has 0 saturated carbocycles. The molecule has 0 bridgehead atoms. The van der Waals surface area contributed by atoms with E-state index < -0.39 is 5.97 Å². The minimum atomic E-state index is -1.04. The van der Waals surface area contributed by atoms with E-state index >= 15 is 0 Å². The molecule has 1 N–H and O–H groups in total. The number of carbonyl (C=O) groups excluding carboxylic acids is 1. The third-order valence-electron chi connectivity index (χ3n) is 4.06. The number of nitrogens with zero attached hydrogens (tertiary/aromatic N) is 3. The van der Waals surface area contributed by atoms with Crippen LogP contribution in [0.2, 0.25) is 0 Å². The minimum Gasteiger partial charge on any atom is -0.478 e. The standard InChI is InChI=1S/C19H13N3O4/c23-10-13-8-20-11-22(13)9-12-5-6-16-17(7-12)26-18(21-16)14-3-1-2-4-15(14)19(24)25/h1-8,10-11H,9H2,(H,24,25). The lowest BCUT2D eigenvalue weighted by Gasteiger charge is -2.04. The third kappa shape index (κ3) is 2.75. The Bertz CT molecular complexity index is 1130. The van der Waals surface area contributed by atoms with Gasteiger partial charge >= 0.3 is 5.97 Å². The molecule has 0 unspecified atom stereocenters. The summed E-state index contributed by atoms with van der Waals surface area (Å²) in [5.41, 5.74) is 3.13. The van der Waals surface area contributed by atoms with Crippen molar-refractivity contribution in [1.29, 1.82) is 0 Å². The molecule has 2 aromatic carbocycles. The summed E-state index contributed by atoms with van der Waals surface area (Å²) >= 11 is 0. The summed E-state index contributed by atoms with van der Waals surface area (Å²) in [7, 11) is 0. The molecule has 0 aliphatic carbocycles. The molecule has 0 aliphatic rings. The Morgan fingerprint density at radius 1 is 1.23 bits per heavy atom. The van der Waals surface area contributed by atoms with Crippen LogP contribution in [0.5, 0.6) is 0 Å². The predicted octanol–water partition coefficient (Wildman–Crippen LogP) is 3.25. The van der Waals surface area contributed by atoms with Crippen molar-refractivity contribution < 1.29 is 19.1 Å². The quantitative estimate of drug-likeness (QED) is 0.557. The number of rotatable bonds is 5. The summed E-state index contributed by atoms with van der Waals surface area (Å²) in [5, 5.41) is 9.33. The van der Waals surface area contributed by atoms with Gasteiger partial charge in [0.2, 0.25) is 5.89 Å². The highest BCUT2D eigenvalue weighted by Gasteiger charge is 2.16. The molecule has 0 amide bonds. The minimum absolute atomic E-state index is 0.133. The Morgan fingerprint density at radius 2 is 2.08 bits per heavy atom. The van der Waals surface area contributed by atoms with Gasteiger partial charge in [-0.15, -0.1) is 0 Å². The zero-order valence-corrected chi connectivity index (χ0v) is 13.5. The molecule has 4 rings (SSSR count). The largest absolute Gasteiger partial charge is 0.478 e. The molecule has 128 valence electrons. The summed E-state index contributed by atoms with van der Waals surface area (Å²) < 4.78 is 7.52. The lowest BCUT2D eigenvalue weighted by Crippen LogP contribution is -2.01. The van der Waals surface area contributed by atoms with Crippen LogP contribution in [0.15, 0.2) is 59.4 Å². The number of carboxylic acids is 1. The van der Waals surface area contributed by atoms with Crippen molar-refractivity contribution in [2.75, 3.05) is 0 Å². The molecule has 0 fully saturated rings. The second-order valence-electron chi connectivity index (χ2n) is 5.74. The SMILES string of the molecule is O=Cc1cncn1Cc1ccc2nc(-c3ccccc3C(=O)O)oc2c1. The normalized spacial score (nSPS) is 10.9. The summed E-state index contributed by atoms with van der Waals surface area (Å²) in [4.78, 5) is 30.8. The number of fused-ring (bicyclic) bond motifs is 1. The van der Waals surface area contributed by atoms with Gasteiger partial charge in [-0.2, -0.15) is 0 Å². The first-order valence-corrected chi connectivity index (χ1v) is 7.83. The average molecular weight is 347 g/mol.